The standard InChI is InChI=1S/C14H23ClN4O2/c1-6-19(11-7-8-16-12(15)17-11)10-9-18(5)13(20)21-14(2,3)4/h7-8H,6,9-10H2,1-5H3. The van der Waals surface area contributed by atoms with Crippen LogP contribution in [0.5, 0.6) is 0 Å². The third kappa shape index (κ3) is 6.16. The Balaban J connectivity index is 2.57. The lowest BCUT2D eigenvalue weighted by Gasteiger charge is -2.27. The Labute approximate surface area is 131 Å². The van der Waals surface area contributed by atoms with E-state index in [0.717, 1.165) is 12.4 Å². The smallest absolute Gasteiger partial charge is 0.410 e. The maximum Gasteiger partial charge on any atom is 0.410 e. The van der Waals surface area contributed by atoms with Crippen LogP contribution >= 0.6 is 11.6 Å². The topological polar surface area (TPSA) is 58.6 Å². The zero-order valence-electron chi connectivity index (χ0n) is 13.3. The first-order valence-electron chi connectivity index (χ1n) is 6.90. The number of hydrogen-bond acceptors (Lipinski definition) is 5. The van der Waals surface area contributed by atoms with E-state index in [1.807, 2.05) is 32.6 Å². The molecular formula is C14H23ClN4O2. The first-order chi connectivity index (χ1) is 9.73. The van der Waals surface area contributed by atoms with Crippen molar-refractivity contribution < 1.29 is 9.53 Å². The predicted octanol–water partition coefficient (Wildman–Crippen LogP) is 2.82. The molecule has 0 spiro atoms. The zero-order chi connectivity index (χ0) is 16.0. The highest BCUT2D eigenvalue weighted by molar-refractivity contribution is 6.28. The Morgan fingerprint density at radius 2 is 2.05 bits per heavy atom. The number of carbonyl (C=O) groups is 1. The van der Waals surface area contributed by atoms with E-state index in [-0.39, 0.29) is 11.4 Å². The Morgan fingerprint density at radius 1 is 1.38 bits per heavy atom. The molecule has 0 N–H and O–H groups in total. The van der Waals surface area contributed by atoms with Gasteiger partial charge in [-0.05, 0) is 45.4 Å². The van der Waals surface area contributed by atoms with Crippen LogP contribution in [0.15, 0.2) is 12.3 Å². The number of likely N-dealkylation sites (N-methyl/N-ethyl adjacent to an activating group) is 2. The summed E-state index contributed by atoms with van der Waals surface area (Å²) >= 11 is 5.80. The highest BCUT2D eigenvalue weighted by Gasteiger charge is 2.20. The molecule has 0 aliphatic heterocycles. The number of nitrogens with zero attached hydrogens (tertiary/aromatic N) is 4. The molecule has 0 radical (unpaired) electrons. The molecule has 1 heterocycles. The Morgan fingerprint density at radius 3 is 2.57 bits per heavy atom. The van der Waals surface area contributed by atoms with Gasteiger partial charge < -0.3 is 14.5 Å². The van der Waals surface area contributed by atoms with Crippen LogP contribution in [-0.2, 0) is 4.74 Å². The summed E-state index contributed by atoms with van der Waals surface area (Å²) in [5.74, 6) is 0.745. The van der Waals surface area contributed by atoms with Crippen LogP contribution < -0.4 is 4.90 Å². The van der Waals surface area contributed by atoms with E-state index in [1.54, 1.807) is 24.2 Å². The third-order valence-corrected chi connectivity index (χ3v) is 2.91. The van der Waals surface area contributed by atoms with Crippen LogP contribution in [0.2, 0.25) is 5.28 Å². The summed E-state index contributed by atoms with van der Waals surface area (Å²) in [6.07, 6.45) is 1.28. The minimum Gasteiger partial charge on any atom is -0.444 e. The Hall–Kier alpha value is -1.56. The monoisotopic (exact) mass is 314 g/mol. The average molecular weight is 315 g/mol. The van der Waals surface area contributed by atoms with Crippen molar-refractivity contribution in [1.82, 2.24) is 14.9 Å². The number of hydrogen-bond donors (Lipinski definition) is 0. The number of rotatable bonds is 5. The minimum absolute atomic E-state index is 0.214. The van der Waals surface area contributed by atoms with Crippen molar-refractivity contribution in [3.05, 3.63) is 17.5 Å². The molecule has 0 saturated heterocycles. The third-order valence-electron chi connectivity index (χ3n) is 2.73. The maximum atomic E-state index is 11.9. The molecule has 0 atom stereocenters. The van der Waals surface area contributed by atoms with Gasteiger partial charge in [-0.2, -0.15) is 0 Å². The molecule has 118 valence electrons. The molecule has 7 heteroatoms. The molecule has 1 amide bonds. The fourth-order valence-corrected chi connectivity index (χ4v) is 1.78. The number of halogens is 1. The van der Waals surface area contributed by atoms with E-state index in [1.165, 1.54) is 0 Å². The number of carbonyl (C=O) groups excluding carboxylic acids is 1. The van der Waals surface area contributed by atoms with Crippen LogP contribution in [0.25, 0.3) is 0 Å². The molecular weight excluding hydrogens is 292 g/mol. The second-order valence-corrected chi connectivity index (χ2v) is 6.00. The summed E-state index contributed by atoms with van der Waals surface area (Å²) in [5, 5.41) is 0.214. The molecule has 0 bridgehead atoms. The minimum atomic E-state index is -0.490. The van der Waals surface area contributed by atoms with Gasteiger partial charge >= 0.3 is 6.09 Å². The van der Waals surface area contributed by atoms with Crippen molar-refractivity contribution in [3.63, 3.8) is 0 Å². The van der Waals surface area contributed by atoms with Crippen LogP contribution in [0.1, 0.15) is 27.7 Å². The molecule has 21 heavy (non-hydrogen) atoms. The number of ether oxygens (including phenoxy) is 1. The number of aromatic nitrogens is 2. The summed E-state index contributed by atoms with van der Waals surface area (Å²) in [5.41, 5.74) is -0.490. The normalized spacial score (nSPS) is 11.1. The van der Waals surface area contributed by atoms with Gasteiger partial charge in [0.2, 0.25) is 5.28 Å². The van der Waals surface area contributed by atoms with Crippen LogP contribution in [0.4, 0.5) is 10.6 Å². The number of anilines is 1. The van der Waals surface area contributed by atoms with Crippen LogP contribution in [0, 0.1) is 0 Å². The second-order valence-electron chi connectivity index (χ2n) is 5.67. The molecule has 0 aliphatic carbocycles. The zero-order valence-corrected chi connectivity index (χ0v) is 14.0. The van der Waals surface area contributed by atoms with Crippen LogP contribution in [-0.4, -0.2) is 53.2 Å². The van der Waals surface area contributed by atoms with Gasteiger partial charge in [-0.15, -0.1) is 0 Å². The summed E-state index contributed by atoms with van der Waals surface area (Å²) in [4.78, 5) is 23.5. The first kappa shape index (κ1) is 17.5. The SMILES string of the molecule is CCN(CCN(C)C(=O)OC(C)(C)C)c1ccnc(Cl)n1. The fourth-order valence-electron chi connectivity index (χ4n) is 1.64. The van der Waals surface area contributed by atoms with Crippen molar-refractivity contribution in [3.8, 4) is 0 Å². The van der Waals surface area contributed by atoms with E-state index in [0.29, 0.717) is 13.1 Å². The van der Waals surface area contributed by atoms with Gasteiger partial charge in [0.15, 0.2) is 0 Å². The summed E-state index contributed by atoms with van der Waals surface area (Å²) < 4.78 is 5.31. The maximum absolute atomic E-state index is 11.9. The van der Waals surface area contributed by atoms with Gasteiger partial charge in [0.25, 0.3) is 0 Å². The van der Waals surface area contributed by atoms with Gasteiger partial charge in [0.1, 0.15) is 11.4 Å². The van der Waals surface area contributed by atoms with E-state index in [9.17, 15) is 4.79 Å². The molecule has 6 nitrogen and oxygen atoms in total. The second kappa shape index (κ2) is 7.45. The van der Waals surface area contributed by atoms with Gasteiger partial charge in [-0.1, -0.05) is 0 Å². The van der Waals surface area contributed by atoms with Gasteiger partial charge in [0, 0.05) is 32.9 Å². The Kier molecular flexibility index (Phi) is 6.20. The average Bonchev–Trinajstić information content (AvgIpc) is 2.37. The highest BCUT2D eigenvalue weighted by atomic mass is 35.5. The lowest BCUT2D eigenvalue weighted by atomic mass is 10.2. The summed E-state index contributed by atoms with van der Waals surface area (Å²) in [6.45, 7) is 9.49. The summed E-state index contributed by atoms with van der Waals surface area (Å²) in [6, 6.07) is 1.79. The highest BCUT2D eigenvalue weighted by Crippen LogP contribution is 2.13. The molecule has 1 aromatic rings. The molecule has 0 saturated carbocycles. The van der Waals surface area contributed by atoms with Gasteiger partial charge in [-0.3, -0.25) is 0 Å². The molecule has 0 fully saturated rings. The van der Waals surface area contributed by atoms with E-state index >= 15 is 0 Å². The molecule has 1 aromatic heterocycles. The Bertz CT molecular complexity index is 476. The first-order valence-corrected chi connectivity index (χ1v) is 7.28. The van der Waals surface area contributed by atoms with Crippen molar-refractivity contribution >= 4 is 23.5 Å². The van der Waals surface area contributed by atoms with Crippen LogP contribution in [0.3, 0.4) is 0 Å². The van der Waals surface area contributed by atoms with Crippen molar-refractivity contribution in [2.24, 2.45) is 0 Å². The van der Waals surface area contributed by atoms with E-state index in [4.69, 9.17) is 16.3 Å². The largest absolute Gasteiger partial charge is 0.444 e. The van der Waals surface area contributed by atoms with E-state index < -0.39 is 5.60 Å². The molecule has 0 aliphatic rings. The van der Waals surface area contributed by atoms with Crippen molar-refractivity contribution in [1.29, 1.82) is 0 Å². The summed E-state index contributed by atoms with van der Waals surface area (Å²) in [7, 11) is 1.72. The molecule has 1 rings (SSSR count). The van der Waals surface area contributed by atoms with Gasteiger partial charge in [0.05, 0.1) is 0 Å². The predicted molar refractivity (Wildman–Crippen MR) is 83.8 cm³/mol. The molecule has 0 unspecified atom stereocenters. The fraction of sp³-hybridized carbons (Fsp3) is 0.643. The van der Waals surface area contributed by atoms with Crippen molar-refractivity contribution in [2.45, 2.75) is 33.3 Å². The van der Waals surface area contributed by atoms with Gasteiger partial charge in [-0.25, -0.2) is 14.8 Å². The molecule has 0 aromatic carbocycles. The number of amides is 1. The van der Waals surface area contributed by atoms with E-state index in [2.05, 4.69) is 9.97 Å². The lowest BCUT2D eigenvalue weighted by Crippen LogP contribution is -2.39. The lowest BCUT2D eigenvalue weighted by molar-refractivity contribution is 0.0303. The quantitative estimate of drug-likeness (QED) is 0.782. The van der Waals surface area contributed by atoms with Crippen molar-refractivity contribution in [2.75, 3.05) is 31.6 Å².